The fourth-order valence-electron chi connectivity index (χ4n) is 1.95. The molecule has 0 bridgehead atoms. The minimum Gasteiger partial charge on any atom is -0.351 e. The van der Waals surface area contributed by atoms with Crippen LogP contribution in [0.15, 0.2) is 18.5 Å². The minimum absolute atomic E-state index is 0.364. The van der Waals surface area contributed by atoms with Crippen LogP contribution in [0.25, 0.3) is 5.52 Å². The monoisotopic (exact) mass is 252 g/mol. The lowest BCUT2D eigenvalue weighted by Crippen LogP contribution is -2.33. The summed E-state index contributed by atoms with van der Waals surface area (Å²) in [5.41, 5.74) is 2.03. The summed E-state index contributed by atoms with van der Waals surface area (Å²) in [6.45, 7) is 7.05. The van der Waals surface area contributed by atoms with Gasteiger partial charge in [-0.05, 0) is 26.8 Å². The molecule has 17 heavy (non-hydrogen) atoms. The van der Waals surface area contributed by atoms with Crippen LogP contribution in [0.5, 0.6) is 0 Å². The van der Waals surface area contributed by atoms with Crippen molar-refractivity contribution in [2.75, 3.05) is 17.3 Å². The van der Waals surface area contributed by atoms with Gasteiger partial charge in [0.15, 0.2) is 5.82 Å². The lowest BCUT2D eigenvalue weighted by atomic mass is 10.3. The van der Waals surface area contributed by atoms with Crippen LogP contribution in [0.3, 0.4) is 0 Å². The summed E-state index contributed by atoms with van der Waals surface area (Å²) in [6.07, 6.45) is 3.64. The van der Waals surface area contributed by atoms with E-state index in [1.54, 1.807) is 6.20 Å². The Morgan fingerprint density at radius 3 is 2.88 bits per heavy atom. The molecule has 2 heterocycles. The third kappa shape index (κ3) is 2.36. The highest BCUT2D eigenvalue weighted by molar-refractivity contribution is 6.18. The predicted octanol–water partition coefficient (Wildman–Crippen LogP) is 2.49. The summed E-state index contributed by atoms with van der Waals surface area (Å²) >= 11 is 5.85. The van der Waals surface area contributed by atoms with Crippen molar-refractivity contribution >= 4 is 22.9 Å². The fourth-order valence-corrected chi connectivity index (χ4v) is 2.13. The van der Waals surface area contributed by atoms with Gasteiger partial charge in [-0.2, -0.15) is 5.10 Å². The van der Waals surface area contributed by atoms with E-state index in [1.165, 1.54) is 0 Å². The Balaban J connectivity index is 2.51. The average molecular weight is 253 g/mol. The lowest BCUT2D eigenvalue weighted by Gasteiger charge is -2.27. The van der Waals surface area contributed by atoms with Crippen molar-refractivity contribution in [3.05, 3.63) is 24.2 Å². The first kappa shape index (κ1) is 12.2. The fraction of sp³-hybridized carbons (Fsp3) is 0.500. The molecule has 92 valence electrons. The zero-order valence-corrected chi connectivity index (χ0v) is 11.1. The van der Waals surface area contributed by atoms with Crippen molar-refractivity contribution in [3.63, 3.8) is 0 Å². The summed E-state index contributed by atoms with van der Waals surface area (Å²) in [6, 6.07) is 2.41. The molecular weight excluding hydrogens is 236 g/mol. The van der Waals surface area contributed by atoms with Gasteiger partial charge in [0.25, 0.3) is 0 Å². The first-order chi connectivity index (χ1) is 8.13. The molecule has 2 aromatic rings. The highest BCUT2D eigenvalue weighted by Gasteiger charge is 2.15. The minimum atomic E-state index is 0.364. The lowest BCUT2D eigenvalue weighted by molar-refractivity contribution is 0.695. The van der Waals surface area contributed by atoms with Crippen LogP contribution in [0.1, 0.15) is 19.5 Å². The SMILES string of the molecule is Cc1cc2c(N(CCCl)C(C)C)nccn2n1. The van der Waals surface area contributed by atoms with Gasteiger partial charge < -0.3 is 4.90 Å². The second kappa shape index (κ2) is 4.92. The molecule has 0 saturated carbocycles. The normalized spacial score (nSPS) is 11.4. The molecule has 2 aromatic heterocycles. The molecule has 0 amide bonds. The van der Waals surface area contributed by atoms with Crippen molar-refractivity contribution in [2.24, 2.45) is 0 Å². The average Bonchev–Trinajstić information content (AvgIpc) is 2.65. The zero-order valence-electron chi connectivity index (χ0n) is 10.4. The third-order valence-electron chi connectivity index (χ3n) is 2.71. The first-order valence-electron chi connectivity index (χ1n) is 5.77. The van der Waals surface area contributed by atoms with Crippen LogP contribution in [-0.4, -0.2) is 33.1 Å². The van der Waals surface area contributed by atoms with Gasteiger partial charge in [-0.3, -0.25) is 0 Å². The van der Waals surface area contributed by atoms with E-state index in [-0.39, 0.29) is 0 Å². The maximum atomic E-state index is 5.85. The van der Waals surface area contributed by atoms with Crippen molar-refractivity contribution in [1.82, 2.24) is 14.6 Å². The smallest absolute Gasteiger partial charge is 0.154 e. The van der Waals surface area contributed by atoms with Crippen LogP contribution >= 0.6 is 11.6 Å². The van der Waals surface area contributed by atoms with Gasteiger partial charge >= 0.3 is 0 Å². The van der Waals surface area contributed by atoms with Crippen LogP contribution in [0.2, 0.25) is 0 Å². The molecule has 0 spiro atoms. The standard InChI is InChI=1S/C12H17ClN4/c1-9(2)16(6-4-13)12-11-8-10(3)15-17(11)7-5-14-12/h5,7-9H,4,6H2,1-3H3. The van der Waals surface area contributed by atoms with Crippen molar-refractivity contribution in [1.29, 1.82) is 0 Å². The Hall–Kier alpha value is -1.29. The van der Waals surface area contributed by atoms with Gasteiger partial charge in [0, 0.05) is 30.9 Å². The zero-order chi connectivity index (χ0) is 12.4. The molecule has 0 N–H and O–H groups in total. The largest absolute Gasteiger partial charge is 0.351 e. The maximum absolute atomic E-state index is 5.85. The number of halogens is 1. The van der Waals surface area contributed by atoms with E-state index >= 15 is 0 Å². The van der Waals surface area contributed by atoms with Gasteiger partial charge in [-0.25, -0.2) is 9.50 Å². The summed E-state index contributed by atoms with van der Waals surface area (Å²) in [7, 11) is 0. The molecule has 0 saturated heterocycles. The van der Waals surface area contributed by atoms with Crippen molar-refractivity contribution in [2.45, 2.75) is 26.8 Å². The van der Waals surface area contributed by atoms with Gasteiger partial charge in [-0.15, -0.1) is 11.6 Å². The second-order valence-electron chi connectivity index (χ2n) is 4.34. The number of alkyl halides is 1. The number of aryl methyl sites for hydroxylation is 1. The van der Waals surface area contributed by atoms with E-state index in [1.807, 2.05) is 23.7 Å². The summed E-state index contributed by atoms with van der Waals surface area (Å²) < 4.78 is 1.86. The number of anilines is 1. The number of hydrogen-bond acceptors (Lipinski definition) is 3. The van der Waals surface area contributed by atoms with Gasteiger partial charge in [0.05, 0.1) is 5.69 Å². The van der Waals surface area contributed by atoms with E-state index in [0.29, 0.717) is 11.9 Å². The number of aromatic nitrogens is 3. The number of hydrogen-bond donors (Lipinski definition) is 0. The number of nitrogens with zero attached hydrogens (tertiary/aromatic N) is 4. The Labute approximate surface area is 106 Å². The van der Waals surface area contributed by atoms with Crippen LogP contribution in [0.4, 0.5) is 5.82 Å². The summed E-state index contributed by atoms with van der Waals surface area (Å²) in [5.74, 6) is 1.54. The predicted molar refractivity (Wildman–Crippen MR) is 70.9 cm³/mol. The third-order valence-corrected chi connectivity index (χ3v) is 2.88. The highest BCUT2D eigenvalue weighted by atomic mass is 35.5. The molecule has 0 unspecified atom stereocenters. The Morgan fingerprint density at radius 1 is 1.47 bits per heavy atom. The van der Waals surface area contributed by atoms with Crippen molar-refractivity contribution < 1.29 is 0 Å². The Bertz CT molecular complexity index is 506. The first-order valence-corrected chi connectivity index (χ1v) is 6.30. The van der Waals surface area contributed by atoms with E-state index < -0.39 is 0 Å². The Kier molecular flexibility index (Phi) is 3.52. The number of rotatable bonds is 4. The quantitative estimate of drug-likeness (QED) is 0.784. The molecule has 2 rings (SSSR count). The molecule has 0 fully saturated rings. The van der Waals surface area contributed by atoms with E-state index in [2.05, 4.69) is 28.8 Å². The molecule has 5 heteroatoms. The van der Waals surface area contributed by atoms with E-state index in [4.69, 9.17) is 11.6 Å². The molecule has 0 aliphatic rings. The van der Waals surface area contributed by atoms with Crippen molar-refractivity contribution in [3.8, 4) is 0 Å². The molecule has 0 aromatic carbocycles. The molecule has 0 atom stereocenters. The highest BCUT2D eigenvalue weighted by Crippen LogP contribution is 2.21. The topological polar surface area (TPSA) is 33.4 Å². The number of fused-ring (bicyclic) bond motifs is 1. The molecular formula is C12H17ClN4. The van der Waals surface area contributed by atoms with Gasteiger partial charge in [0.1, 0.15) is 5.52 Å². The van der Waals surface area contributed by atoms with Crippen LogP contribution in [0, 0.1) is 6.92 Å². The molecule has 0 radical (unpaired) electrons. The molecule has 4 nitrogen and oxygen atoms in total. The van der Waals surface area contributed by atoms with E-state index in [0.717, 1.165) is 23.6 Å². The van der Waals surface area contributed by atoms with Crippen LogP contribution < -0.4 is 4.90 Å². The summed E-state index contributed by atoms with van der Waals surface area (Å²) in [4.78, 5) is 6.66. The van der Waals surface area contributed by atoms with Crippen LogP contribution in [-0.2, 0) is 0 Å². The second-order valence-corrected chi connectivity index (χ2v) is 4.72. The molecule has 0 aliphatic heterocycles. The van der Waals surface area contributed by atoms with Gasteiger partial charge in [-0.1, -0.05) is 0 Å². The van der Waals surface area contributed by atoms with E-state index in [9.17, 15) is 0 Å². The maximum Gasteiger partial charge on any atom is 0.154 e. The molecule has 0 aliphatic carbocycles. The summed E-state index contributed by atoms with van der Waals surface area (Å²) in [5, 5.41) is 4.39. The van der Waals surface area contributed by atoms with Gasteiger partial charge in [0.2, 0.25) is 0 Å². The Morgan fingerprint density at radius 2 is 2.24 bits per heavy atom.